The monoisotopic (exact) mass is 374 g/mol. The third-order valence-corrected chi connectivity index (χ3v) is 8.85. The number of aryl methyl sites for hydroxylation is 2. The van der Waals surface area contributed by atoms with Gasteiger partial charge in [0.1, 0.15) is 0 Å². The van der Waals surface area contributed by atoms with E-state index in [1.807, 2.05) is 12.5 Å². The Bertz CT molecular complexity index is 624. The minimum absolute atomic E-state index is 0.355. The van der Waals surface area contributed by atoms with Crippen molar-refractivity contribution in [2.75, 3.05) is 5.75 Å². The molecule has 136 valence electrons. The molecular formula is C21H30N2S2. The third-order valence-electron chi connectivity index (χ3n) is 4.94. The lowest BCUT2D eigenvalue weighted by molar-refractivity contribution is 0.578. The molecule has 1 aliphatic rings. The number of aromatic nitrogens is 2. The summed E-state index contributed by atoms with van der Waals surface area (Å²) in [5.74, 6) is 1.31. The Morgan fingerprint density at radius 2 is 2.00 bits per heavy atom. The van der Waals surface area contributed by atoms with Gasteiger partial charge in [0.25, 0.3) is 0 Å². The zero-order valence-corrected chi connectivity index (χ0v) is 17.1. The molecule has 0 saturated carbocycles. The molecule has 1 aromatic carbocycles. The van der Waals surface area contributed by atoms with Crippen LogP contribution in [0.5, 0.6) is 0 Å². The van der Waals surface area contributed by atoms with Crippen LogP contribution < -0.4 is 0 Å². The summed E-state index contributed by atoms with van der Waals surface area (Å²) in [5.41, 5.74) is 2.97. The molecule has 3 rings (SSSR count). The van der Waals surface area contributed by atoms with E-state index >= 15 is 0 Å². The predicted octanol–water partition coefficient (Wildman–Crippen LogP) is 5.81. The van der Waals surface area contributed by atoms with Crippen molar-refractivity contribution in [2.24, 2.45) is 0 Å². The summed E-state index contributed by atoms with van der Waals surface area (Å²) in [5, 5.41) is 0.817. The summed E-state index contributed by atoms with van der Waals surface area (Å²) in [7, 11) is 0. The fourth-order valence-electron chi connectivity index (χ4n) is 3.50. The number of nitrogens with zero attached hydrogens (tertiary/aromatic N) is 2. The zero-order chi connectivity index (χ0) is 17.5. The molecule has 0 spiro atoms. The van der Waals surface area contributed by atoms with Crippen molar-refractivity contribution >= 4 is 23.5 Å². The van der Waals surface area contributed by atoms with Gasteiger partial charge in [0.05, 0.1) is 10.4 Å². The average molecular weight is 375 g/mol. The molecule has 1 aliphatic heterocycles. The number of thioether (sulfide) groups is 2. The second-order valence-electron chi connectivity index (χ2n) is 7.02. The van der Waals surface area contributed by atoms with Crippen molar-refractivity contribution in [1.82, 2.24) is 9.55 Å². The first-order valence-electron chi connectivity index (χ1n) is 9.58. The highest BCUT2D eigenvalue weighted by Gasteiger charge is 2.39. The van der Waals surface area contributed by atoms with Crippen LogP contribution in [0, 0.1) is 0 Å². The molecule has 0 bridgehead atoms. The van der Waals surface area contributed by atoms with E-state index in [1.165, 1.54) is 55.4 Å². The maximum Gasteiger partial charge on any atom is 0.0945 e. The Morgan fingerprint density at radius 1 is 1.20 bits per heavy atom. The first-order chi connectivity index (χ1) is 12.2. The molecule has 2 heterocycles. The summed E-state index contributed by atoms with van der Waals surface area (Å²) in [6.45, 7) is 5.66. The highest BCUT2D eigenvalue weighted by Crippen LogP contribution is 2.53. The van der Waals surface area contributed by atoms with Gasteiger partial charge in [-0.2, -0.15) is 0 Å². The lowest BCUT2D eigenvalue weighted by Crippen LogP contribution is -2.22. The van der Waals surface area contributed by atoms with Gasteiger partial charge < -0.3 is 4.57 Å². The van der Waals surface area contributed by atoms with Crippen LogP contribution in [-0.2, 0) is 19.4 Å². The van der Waals surface area contributed by atoms with Gasteiger partial charge in [-0.3, -0.25) is 0 Å². The maximum absolute atomic E-state index is 4.16. The molecule has 0 N–H and O–H groups in total. The Morgan fingerprint density at radius 3 is 2.64 bits per heavy atom. The van der Waals surface area contributed by atoms with Gasteiger partial charge >= 0.3 is 0 Å². The number of benzene rings is 1. The minimum Gasteiger partial charge on any atom is -0.337 e. The van der Waals surface area contributed by atoms with Crippen molar-refractivity contribution in [3.05, 3.63) is 54.1 Å². The average Bonchev–Trinajstić information content (AvgIpc) is 3.27. The molecule has 0 aliphatic carbocycles. The first kappa shape index (κ1) is 18.9. The first-order valence-corrected chi connectivity index (χ1v) is 11.4. The molecular weight excluding hydrogens is 344 g/mol. The van der Waals surface area contributed by atoms with Gasteiger partial charge in [-0.15, -0.1) is 23.5 Å². The van der Waals surface area contributed by atoms with E-state index in [0.717, 1.165) is 11.8 Å². The fourth-order valence-corrected chi connectivity index (χ4v) is 7.43. The van der Waals surface area contributed by atoms with E-state index in [9.17, 15) is 0 Å². The van der Waals surface area contributed by atoms with Crippen molar-refractivity contribution in [3.63, 3.8) is 0 Å². The third kappa shape index (κ3) is 5.30. The van der Waals surface area contributed by atoms with Crippen molar-refractivity contribution in [3.8, 4) is 0 Å². The van der Waals surface area contributed by atoms with Gasteiger partial charge in [-0.1, -0.05) is 44.5 Å². The van der Waals surface area contributed by atoms with Crippen LogP contribution in [0.2, 0.25) is 0 Å². The predicted molar refractivity (Wildman–Crippen MR) is 112 cm³/mol. The highest BCUT2D eigenvalue weighted by molar-refractivity contribution is 8.21. The number of hydrogen-bond donors (Lipinski definition) is 0. The summed E-state index contributed by atoms with van der Waals surface area (Å²) in [4.78, 5) is 4.16. The SMILES string of the molecule is CCCc1ccc(CC2(CCCn3ccnc3)SCC(CC)S2)cc1. The van der Waals surface area contributed by atoms with E-state index in [1.54, 1.807) is 0 Å². The van der Waals surface area contributed by atoms with Crippen molar-refractivity contribution < 1.29 is 0 Å². The smallest absolute Gasteiger partial charge is 0.0945 e. The molecule has 2 unspecified atom stereocenters. The Hall–Kier alpha value is -0.870. The summed E-state index contributed by atoms with van der Waals surface area (Å²) >= 11 is 4.45. The standard InChI is InChI=1S/C21H30N2S2/c1-3-6-18-7-9-19(10-8-18)15-21(24-16-20(4-2)25-21)11-5-13-23-14-12-22-17-23/h7-10,12,14,17,20H,3-6,11,13,15-16H2,1-2H3. The molecule has 4 heteroatoms. The van der Waals surface area contributed by atoms with E-state index in [0.29, 0.717) is 4.08 Å². The Labute approximate surface area is 161 Å². The molecule has 1 saturated heterocycles. The van der Waals surface area contributed by atoms with Crippen LogP contribution in [0.15, 0.2) is 43.0 Å². The summed E-state index contributed by atoms with van der Waals surface area (Å²) < 4.78 is 2.56. The number of hydrogen-bond acceptors (Lipinski definition) is 3. The van der Waals surface area contributed by atoms with Crippen LogP contribution in [0.1, 0.15) is 50.7 Å². The second kappa shape index (κ2) is 9.18. The van der Waals surface area contributed by atoms with Gasteiger partial charge in [0.2, 0.25) is 0 Å². The van der Waals surface area contributed by atoms with Crippen molar-refractivity contribution in [1.29, 1.82) is 0 Å². The minimum atomic E-state index is 0.355. The molecule has 2 nitrogen and oxygen atoms in total. The van der Waals surface area contributed by atoms with Crippen LogP contribution in [0.4, 0.5) is 0 Å². The molecule has 2 aromatic rings. The van der Waals surface area contributed by atoms with Crippen LogP contribution in [0.3, 0.4) is 0 Å². The molecule has 1 fully saturated rings. The van der Waals surface area contributed by atoms with E-state index in [-0.39, 0.29) is 0 Å². The van der Waals surface area contributed by atoms with Crippen LogP contribution in [0.25, 0.3) is 0 Å². The maximum atomic E-state index is 4.16. The Balaban J connectivity index is 1.64. The van der Waals surface area contributed by atoms with Gasteiger partial charge in [-0.05, 0) is 43.2 Å². The zero-order valence-electron chi connectivity index (χ0n) is 15.5. The van der Waals surface area contributed by atoms with Gasteiger partial charge in [0.15, 0.2) is 0 Å². The lowest BCUT2D eigenvalue weighted by atomic mass is 10.0. The van der Waals surface area contributed by atoms with Gasteiger partial charge in [0, 0.05) is 29.9 Å². The summed E-state index contributed by atoms with van der Waals surface area (Å²) in [6.07, 6.45) is 13.3. The van der Waals surface area contributed by atoms with Crippen molar-refractivity contribution in [2.45, 2.75) is 68.2 Å². The number of imidazole rings is 1. The second-order valence-corrected chi connectivity index (χ2v) is 10.4. The highest BCUT2D eigenvalue weighted by atomic mass is 32.2. The largest absolute Gasteiger partial charge is 0.337 e. The molecule has 1 aromatic heterocycles. The quantitative estimate of drug-likeness (QED) is 0.551. The Kier molecular flexibility index (Phi) is 6.94. The van der Waals surface area contributed by atoms with Crippen LogP contribution in [-0.4, -0.2) is 24.6 Å². The number of rotatable bonds is 9. The fraction of sp³-hybridized carbons (Fsp3) is 0.571. The van der Waals surface area contributed by atoms with Crippen LogP contribution >= 0.6 is 23.5 Å². The molecule has 2 atom stereocenters. The van der Waals surface area contributed by atoms with E-state index in [4.69, 9.17) is 0 Å². The van der Waals surface area contributed by atoms with E-state index < -0.39 is 0 Å². The molecule has 25 heavy (non-hydrogen) atoms. The topological polar surface area (TPSA) is 17.8 Å². The van der Waals surface area contributed by atoms with E-state index in [2.05, 4.69) is 77.4 Å². The summed E-state index contributed by atoms with van der Waals surface area (Å²) in [6, 6.07) is 9.39. The molecule has 0 radical (unpaired) electrons. The lowest BCUT2D eigenvalue weighted by Gasteiger charge is -2.28. The van der Waals surface area contributed by atoms with Gasteiger partial charge in [-0.25, -0.2) is 4.98 Å². The molecule has 0 amide bonds. The normalized spacial score (nSPS) is 23.2.